The highest BCUT2D eigenvalue weighted by Gasteiger charge is 2.16. The van der Waals surface area contributed by atoms with Gasteiger partial charge in [-0.1, -0.05) is 25.0 Å². The zero-order valence-corrected chi connectivity index (χ0v) is 12.6. The normalized spacial score (nSPS) is 15.1. The molecule has 0 atom stereocenters. The van der Waals surface area contributed by atoms with E-state index in [1.54, 1.807) is 6.20 Å². The van der Waals surface area contributed by atoms with E-state index in [0.717, 1.165) is 11.5 Å². The quantitative estimate of drug-likeness (QED) is 0.898. The third-order valence-corrected chi connectivity index (χ3v) is 3.90. The number of aromatic nitrogens is 3. The monoisotopic (exact) mass is 283 g/mol. The molecule has 0 aliphatic heterocycles. The molecule has 0 saturated heterocycles. The van der Waals surface area contributed by atoms with Crippen LogP contribution in [0.25, 0.3) is 0 Å². The Morgan fingerprint density at radius 1 is 1.14 bits per heavy atom. The number of rotatable bonds is 4. The molecule has 5 heteroatoms. The van der Waals surface area contributed by atoms with Gasteiger partial charge in [0.2, 0.25) is 5.95 Å². The smallest absolute Gasteiger partial charge is 0.244 e. The van der Waals surface area contributed by atoms with Crippen LogP contribution in [0, 0.1) is 13.8 Å². The number of anilines is 3. The number of nitrogens with one attached hydrogen (secondary N) is 2. The van der Waals surface area contributed by atoms with Gasteiger partial charge < -0.3 is 10.6 Å². The molecule has 0 spiro atoms. The van der Waals surface area contributed by atoms with Crippen molar-refractivity contribution in [2.75, 3.05) is 10.6 Å². The van der Waals surface area contributed by atoms with Gasteiger partial charge in [0.05, 0.1) is 6.20 Å². The lowest BCUT2D eigenvalue weighted by molar-refractivity contribution is 0.738. The van der Waals surface area contributed by atoms with Crippen molar-refractivity contribution in [3.05, 3.63) is 35.5 Å². The highest BCUT2D eigenvalue weighted by molar-refractivity contribution is 5.61. The van der Waals surface area contributed by atoms with Crippen LogP contribution in [-0.4, -0.2) is 21.2 Å². The predicted octanol–water partition coefficient (Wildman–Crippen LogP) is 3.59. The Kier molecular flexibility index (Phi) is 3.99. The van der Waals surface area contributed by atoms with Crippen molar-refractivity contribution in [1.29, 1.82) is 0 Å². The second-order valence-electron chi connectivity index (χ2n) is 5.73. The summed E-state index contributed by atoms with van der Waals surface area (Å²) in [5, 5.41) is 14.8. The van der Waals surface area contributed by atoms with Crippen molar-refractivity contribution >= 4 is 17.5 Å². The summed E-state index contributed by atoms with van der Waals surface area (Å²) >= 11 is 0. The van der Waals surface area contributed by atoms with E-state index in [1.807, 2.05) is 0 Å². The molecule has 0 amide bonds. The summed E-state index contributed by atoms with van der Waals surface area (Å²) in [5.74, 6) is 1.33. The summed E-state index contributed by atoms with van der Waals surface area (Å²) in [6, 6.07) is 6.81. The van der Waals surface area contributed by atoms with Crippen LogP contribution in [0.2, 0.25) is 0 Å². The number of hydrogen-bond acceptors (Lipinski definition) is 5. The molecule has 0 bridgehead atoms. The molecule has 2 aromatic rings. The molecule has 110 valence electrons. The van der Waals surface area contributed by atoms with Crippen LogP contribution in [0.5, 0.6) is 0 Å². The Morgan fingerprint density at radius 3 is 2.76 bits per heavy atom. The van der Waals surface area contributed by atoms with E-state index in [9.17, 15) is 0 Å². The van der Waals surface area contributed by atoms with Gasteiger partial charge in [0, 0.05) is 11.7 Å². The molecule has 21 heavy (non-hydrogen) atoms. The van der Waals surface area contributed by atoms with E-state index in [1.165, 1.54) is 36.8 Å². The highest BCUT2D eigenvalue weighted by atomic mass is 15.3. The Labute approximate surface area is 125 Å². The lowest BCUT2D eigenvalue weighted by Gasteiger charge is -2.13. The third kappa shape index (κ3) is 3.48. The molecule has 1 saturated carbocycles. The van der Waals surface area contributed by atoms with Crippen molar-refractivity contribution in [3.63, 3.8) is 0 Å². The average molecular weight is 283 g/mol. The Bertz CT molecular complexity index is 620. The van der Waals surface area contributed by atoms with Gasteiger partial charge in [0.1, 0.15) is 0 Å². The van der Waals surface area contributed by atoms with Gasteiger partial charge in [-0.05, 0) is 43.9 Å². The van der Waals surface area contributed by atoms with Crippen LogP contribution in [-0.2, 0) is 0 Å². The van der Waals surface area contributed by atoms with Crippen molar-refractivity contribution in [2.24, 2.45) is 0 Å². The minimum atomic E-state index is 0.489. The largest absolute Gasteiger partial charge is 0.350 e. The molecular formula is C16H21N5. The van der Waals surface area contributed by atoms with E-state index >= 15 is 0 Å². The summed E-state index contributed by atoms with van der Waals surface area (Å²) in [6.07, 6.45) is 6.61. The predicted molar refractivity (Wildman–Crippen MR) is 84.9 cm³/mol. The van der Waals surface area contributed by atoms with Crippen LogP contribution < -0.4 is 10.6 Å². The Balaban J connectivity index is 1.74. The second kappa shape index (κ2) is 6.08. The van der Waals surface area contributed by atoms with Crippen LogP contribution in [0.1, 0.15) is 36.8 Å². The maximum atomic E-state index is 4.51. The van der Waals surface area contributed by atoms with Crippen molar-refractivity contribution in [2.45, 2.75) is 45.6 Å². The second-order valence-corrected chi connectivity index (χ2v) is 5.73. The zero-order chi connectivity index (χ0) is 14.7. The lowest BCUT2D eigenvalue weighted by atomic mass is 10.1. The first-order valence-corrected chi connectivity index (χ1v) is 7.51. The van der Waals surface area contributed by atoms with E-state index < -0.39 is 0 Å². The molecule has 0 radical (unpaired) electrons. The third-order valence-electron chi connectivity index (χ3n) is 3.90. The highest BCUT2D eigenvalue weighted by Crippen LogP contribution is 2.22. The maximum Gasteiger partial charge on any atom is 0.244 e. The molecule has 5 nitrogen and oxygen atoms in total. The topological polar surface area (TPSA) is 62.7 Å². The van der Waals surface area contributed by atoms with Crippen LogP contribution >= 0.6 is 0 Å². The molecule has 0 unspecified atom stereocenters. The zero-order valence-electron chi connectivity index (χ0n) is 12.6. The van der Waals surface area contributed by atoms with E-state index in [2.05, 4.69) is 57.9 Å². The molecule has 2 N–H and O–H groups in total. The van der Waals surface area contributed by atoms with Gasteiger partial charge in [0.15, 0.2) is 5.82 Å². The van der Waals surface area contributed by atoms with E-state index in [0.29, 0.717) is 12.0 Å². The van der Waals surface area contributed by atoms with Gasteiger partial charge >= 0.3 is 0 Å². The molecule has 3 rings (SSSR count). The number of hydrogen-bond donors (Lipinski definition) is 2. The summed E-state index contributed by atoms with van der Waals surface area (Å²) in [6.45, 7) is 4.16. The minimum Gasteiger partial charge on any atom is -0.350 e. The molecule has 1 aromatic carbocycles. The summed E-state index contributed by atoms with van der Waals surface area (Å²) in [5.41, 5.74) is 3.46. The lowest BCUT2D eigenvalue weighted by Crippen LogP contribution is -2.17. The minimum absolute atomic E-state index is 0.489. The van der Waals surface area contributed by atoms with Crippen molar-refractivity contribution in [3.8, 4) is 0 Å². The maximum absolute atomic E-state index is 4.51. The van der Waals surface area contributed by atoms with Crippen molar-refractivity contribution in [1.82, 2.24) is 15.2 Å². The number of nitrogens with zero attached hydrogens (tertiary/aromatic N) is 3. The first-order chi connectivity index (χ1) is 10.2. The van der Waals surface area contributed by atoms with Gasteiger partial charge in [-0.15, -0.1) is 5.10 Å². The molecule has 1 heterocycles. The Hall–Kier alpha value is -2.17. The molecule has 1 fully saturated rings. The summed E-state index contributed by atoms with van der Waals surface area (Å²) in [4.78, 5) is 4.51. The molecular weight excluding hydrogens is 262 g/mol. The van der Waals surface area contributed by atoms with Gasteiger partial charge in [-0.2, -0.15) is 10.1 Å². The van der Waals surface area contributed by atoms with Crippen molar-refractivity contribution < 1.29 is 0 Å². The van der Waals surface area contributed by atoms with Crippen LogP contribution in [0.15, 0.2) is 24.4 Å². The average Bonchev–Trinajstić information content (AvgIpc) is 2.96. The standard InChI is InChI=1S/C16H21N5/c1-11-7-8-12(2)14(9-11)19-15-10-17-21-16(20-15)18-13-5-3-4-6-13/h7-10,13H,3-6H2,1-2H3,(H2,18,19,20,21). The van der Waals surface area contributed by atoms with Crippen LogP contribution in [0.4, 0.5) is 17.5 Å². The van der Waals surface area contributed by atoms with Crippen LogP contribution in [0.3, 0.4) is 0 Å². The van der Waals surface area contributed by atoms with E-state index in [-0.39, 0.29) is 0 Å². The van der Waals surface area contributed by atoms with E-state index in [4.69, 9.17) is 0 Å². The summed E-state index contributed by atoms with van der Waals surface area (Å²) < 4.78 is 0. The Morgan fingerprint density at radius 2 is 1.95 bits per heavy atom. The molecule has 1 aliphatic rings. The fraction of sp³-hybridized carbons (Fsp3) is 0.438. The molecule has 1 aliphatic carbocycles. The van der Waals surface area contributed by atoms with Gasteiger partial charge in [0.25, 0.3) is 0 Å². The first kappa shape index (κ1) is 13.8. The van der Waals surface area contributed by atoms with Gasteiger partial charge in [-0.25, -0.2) is 0 Å². The fourth-order valence-electron chi connectivity index (χ4n) is 2.69. The SMILES string of the molecule is Cc1ccc(C)c(Nc2cnnc(NC3CCCC3)n2)c1. The first-order valence-electron chi connectivity index (χ1n) is 7.51. The summed E-state index contributed by atoms with van der Waals surface area (Å²) in [7, 11) is 0. The van der Waals surface area contributed by atoms with Gasteiger partial charge in [-0.3, -0.25) is 0 Å². The number of aryl methyl sites for hydroxylation is 2. The number of benzene rings is 1. The fourth-order valence-corrected chi connectivity index (χ4v) is 2.69. The molecule has 1 aromatic heterocycles.